The molecule has 9 heteroatoms. The van der Waals surface area contributed by atoms with Crippen LogP contribution in [0.5, 0.6) is 0 Å². The predicted molar refractivity (Wildman–Crippen MR) is 117 cm³/mol. The monoisotopic (exact) mass is 439 g/mol. The fraction of sp³-hybridized carbons (Fsp3) is 0.600. The molecule has 1 amide bonds. The fourth-order valence-electron chi connectivity index (χ4n) is 3.82. The number of carbonyl (C=O) groups excluding carboxylic acids is 1. The number of alkyl carbamates (subject to hydrolysis) is 1. The number of aliphatic imine (C=N–C) groups is 1. The van der Waals surface area contributed by atoms with Gasteiger partial charge in [-0.3, -0.25) is 10.3 Å². The van der Waals surface area contributed by atoms with Crippen molar-refractivity contribution in [2.45, 2.75) is 74.0 Å². The Labute approximate surface area is 176 Å². The zero-order chi connectivity index (χ0) is 21.8. The number of fused-ring (bicyclic) bond motifs is 3. The highest BCUT2D eigenvalue weighted by Crippen LogP contribution is 2.49. The molecule has 3 N–H and O–H groups in total. The number of ether oxygens (including phenoxy) is 1. The van der Waals surface area contributed by atoms with E-state index >= 15 is 0 Å². The summed E-state index contributed by atoms with van der Waals surface area (Å²) >= 11 is 1.61. The molecule has 160 valence electrons. The van der Waals surface area contributed by atoms with Gasteiger partial charge in [-0.1, -0.05) is 0 Å². The molecule has 0 saturated heterocycles. The molecule has 0 spiro atoms. The highest BCUT2D eigenvalue weighted by Gasteiger charge is 2.58. The molecule has 0 radical (unpaired) electrons. The minimum absolute atomic E-state index is 0.0887. The number of nitrogen functional groups attached to an aromatic ring is 1. The number of amidine groups is 1. The van der Waals surface area contributed by atoms with Crippen molar-refractivity contribution >= 4 is 39.2 Å². The van der Waals surface area contributed by atoms with E-state index in [-0.39, 0.29) is 5.84 Å². The van der Waals surface area contributed by atoms with Gasteiger partial charge in [0.05, 0.1) is 5.25 Å². The van der Waals surface area contributed by atoms with Gasteiger partial charge < -0.3 is 10.5 Å². The number of benzene rings is 1. The number of anilines is 1. The van der Waals surface area contributed by atoms with E-state index in [1.807, 2.05) is 13.0 Å². The third-order valence-electron chi connectivity index (χ3n) is 5.43. The molecular formula is C20H29N3O4S2. The van der Waals surface area contributed by atoms with Crippen LogP contribution >= 0.6 is 11.8 Å². The number of nitrogens with one attached hydrogen (secondary N) is 1. The van der Waals surface area contributed by atoms with E-state index in [0.717, 1.165) is 10.5 Å². The summed E-state index contributed by atoms with van der Waals surface area (Å²) in [5.74, 6) is 0.752. The van der Waals surface area contributed by atoms with Crippen molar-refractivity contribution in [1.82, 2.24) is 5.32 Å². The molecule has 1 aromatic carbocycles. The second kappa shape index (κ2) is 6.91. The lowest BCUT2D eigenvalue weighted by Gasteiger charge is -2.44. The Morgan fingerprint density at radius 1 is 1.31 bits per heavy atom. The minimum atomic E-state index is -3.69. The lowest BCUT2D eigenvalue weighted by molar-refractivity contribution is 0.0560. The smallest absolute Gasteiger partial charge is 0.413 e. The Morgan fingerprint density at radius 3 is 2.59 bits per heavy atom. The average Bonchev–Trinajstić information content (AvgIpc) is 2.69. The molecule has 2 heterocycles. The molecule has 0 aliphatic carbocycles. The summed E-state index contributed by atoms with van der Waals surface area (Å²) in [4.78, 5) is 18.2. The van der Waals surface area contributed by atoms with Crippen molar-refractivity contribution in [2.75, 3.05) is 11.5 Å². The van der Waals surface area contributed by atoms with Crippen LogP contribution < -0.4 is 11.1 Å². The summed E-state index contributed by atoms with van der Waals surface area (Å²) in [5, 5.41) is 1.90. The summed E-state index contributed by atoms with van der Waals surface area (Å²) in [6, 6.07) is 5.51. The molecule has 2 aliphatic heterocycles. The molecule has 2 atom stereocenters. The zero-order valence-corrected chi connectivity index (χ0v) is 19.3. The first-order valence-electron chi connectivity index (χ1n) is 9.55. The third-order valence-corrected chi connectivity index (χ3v) is 9.60. The number of carbonyl (C=O) groups is 1. The highest BCUT2D eigenvalue weighted by molar-refractivity contribution is 7.99. The number of hydrogen-bond donors (Lipinski definition) is 2. The Morgan fingerprint density at radius 2 is 1.97 bits per heavy atom. The van der Waals surface area contributed by atoms with E-state index in [1.54, 1.807) is 58.5 Å². The zero-order valence-electron chi connectivity index (χ0n) is 17.7. The molecular weight excluding hydrogens is 410 g/mol. The highest BCUT2D eigenvalue weighted by atomic mass is 32.2. The lowest BCUT2D eigenvalue weighted by atomic mass is 9.86. The summed E-state index contributed by atoms with van der Waals surface area (Å²) in [6.45, 7) is 10.2. The number of amides is 1. The normalized spacial score (nSPS) is 27.7. The van der Waals surface area contributed by atoms with Crippen molar-refractivity contribution < 1.29 is 17.9 Å². The van der Waals surface area contributed by atoms with Crippen LogP contribution in [0.2, 0.25) is 0 Å². The van der Waals surface area contributed by atoms with Crippen molar-refractivity contribution in [2.24, 2.45) is 4.99 Å². The van der Waals surface area contributed by atoms with Crippen LogP contribution in [0.4, 0.5) is 10.5 Å². The predicted octanol–water partition coefficient (Wildman–Crippen LogP) is 3.48. The van der Waals surface area contributed by atoms with Gasteiger partial charge >= 0.3 is 6.09 Å². The number of hydrogen-bond acceptors (Lipinski definition) is 7. The summed E-state index contributed by atoms with van der Waals surface area (Å²) < 4.78 is 31.3. The summed E-state index contributed by atoms with van der Waals surface area (Å²) in [5.41, 5.74) is 5.56. The lowest BCUT2D eigenvalue weighted by Crippen LogP contribution is -2.61. The van der Waals surface area contributed by atoms with Crippen LogP contribution in [0, 0.1) is 0 Å². The van der Waals surface area contributed by atoms with Gasteiger partial charge in [-0.15, -0.1) is 11.8 Å². The van der Waals surface area contributed by atoms with Gasteiger partial charge in [-0.2, -0.15) is 0 Å². The van der Waals surface area contributed by atoms with Gasteiger partial charge in [0, 0.05) is 10.6 Å². The van der Waals surface area contributed by atoms with Gasteiger partial charge in [0.25, 0.3) is 0 Å². The molecule has 0 unspecified atom stereocenters. The average molecular weight is 440 g/mol. The van der Waals surface area contributed by atoms with E-state index in [0.29, 0.717) is 17.9 Å². The maximum absolute atomic E-state index is 13.7. The van der Waals surface area contributed by atoms with E-state index in [9.17, 15) is 13.2 Å². The molecule has 0 bridgehead atoms. The van der Waals surface area contributed by atoms with Crippen LogP contribution in [0.15, 0.2) is 28.1 Å². The second-order valence-electron chi connectivity index (χ2n) is 9.17. The Bertz CT molecular complexity index is 980. The number of rotatable bonds is 0. The molecule has 7 nitrogen and oxygen atoms in total. The van der Waals surface area contributed by atoms with Crippen molar-refractivity contribution in [3.8, 4) is 0 Å². The molecule has 0 fully saturated rings. The molecule has 1 aromatic rings. The van der Waals surface area contributed by atoms with Gasteiger partial charge in [0.15, 0.2) is 9.84 Å². The van der Waals surface area contributed by atoms with Crippen LogP contribution in [-0.2, 0) is 20.1 Å². The van der Waals surface area contributed by atoms with Crippen molar-refractivity contribution in [1.29, 1.82) is 0 Å². The van der Waals surface area contributed by atoms with Gasteiger partial charge in [0.2, 0.25) is 0 Å². The largest absolute Gasteiger partial charge is 0.444 e. The third kappa shape index (κ3) is 3.74. The molecule has 0 aromatic heterocycles. The van der Waals surface area contributed by atoms with Crippen molar-refractivity contribution in [3.63, 3.8) is 0 Å². The minimum Gasteiger partial charge on any atom is -0.444 e. The van der Waals surface area contributed by atoms with Crippen molar-refractivity contribution in [3.05, 3.63) is 23.8 Å². The van der Waals surface area contributed by atoms with Crippen LogP contribution in [0.25, 0.3) is 0 Å². The maximum Gasteiger partial charge on any atom is 0.413 e. The first kappa shape index (κ1) is 22.0. The van der Waals surface area contributed by atoms with Gasteiger partial charge in [-0.05, 0) is 77.5 Å². The fourth-order valence-corrected chi connectivity index (χ4v) is 7.42. The van der Waals surface area contributed by atoms with E-state index in [2.05, 4.69) is 5.32 Å². The number of nitrogens with zero attached hydrogens (tertiary/aromatic N) is 1. The van der Waals surface area contributed by atoms with Crippen LogP contribution in [-0.4, -0.2) is 41.7 Å². The standard InChI is InChI=1S/C20H29N3O4S2/c1-18(2,3)27-17(24)22-16-19(4,5)29(25,26)15-9-10-28-14-8-7-12(21)11-13(14)20(15,6)23-16/h7-8,11,15H,9-10,21H2,1-6H3,(H,22,23,24)/t15-,20-/m1/s1. The Hall–Kier alpha value is -1.74. The van der Waals surface area contributed by atoms with Crippen LogP contribution in [0.3, 0.4) is 0 Å². The van der Waals surface area contributed by atoms with E-state index in [1.165, 1.54) is 0 Å². The van der Waals surface area contributed by atoms with Gasteiger partial charge in [0.1, 0.15) is 21.7 Å². The first-order valence-corrected chi connectivity index (χ1v) is 12.1. The number of nitrogens with two attached hydrogens (primary N) is 1. The van der Waals surface area contributed by atoms with Gasteiger partial charge in [-0.25, -0.2) is 13.2 Å². The first-order chi connectivity index (χ1) is 13.2. The van der Waals surface area contributed by atoms with E-state index in [4.69, 9.17) is 15.5 Å². The molecule has 2 aliphatic rings. The quantitative estimate of drug-likeness (QED) is 0.599. The van der Waals surface area contributed by atoms with Crippen LogP contribution in [0.1, 0.15) is 53.5 Å². The second-order valence-corrected chi connectivity index (χ2v) is 13.0. The number of thioether (sulfide) groups is 1. The molecule has 0 saturated carbocycles. The maximum atomic E-state index is 13.7. The summed E-state index contributed by atoms with van der Waals surface area (Å²) in [6.07, 6.45) is -0.262. The number of sulfone groups is 1. The van der Waals surface area contributed by atoms with E-state index < -0.39 is 37.1 Å². The molecule has 3 rings (SSSR count). The summed E-state index contributed by atoms with van der Waals surface area (Å²) in [7, 11) is -3.69. The molecule has 29 heavy (non-hydrogen) atoms. The SMILES string of the molecule is CC(C)(C)OC(=O)NC1=N[C@]2(C)c3cc(N)ccc3SCC[C@H]2S(=O)(=O)C1(C)C. The Balaban J connectivity index is 2.18. The Kier molecular flexibility index (Phi) is 5.23. The topological polar surface area (TPSA) is 111 Å².